The van der Waals surface area contributed by atoms with Gasteiger partial charge in [0.25, 0.3) is 0 Å². The number of benzene rings is 1. The second-order valence-electron chi connectivity index (χ2n) is 5.14. The molecule has 4 nitrogen and oxygen atoms in total. The van der Waals surface area contributed by atoms with Gasteiger partial charge in [-0.15, -0.1) is 0 Å². The molecule has 1 aromatic carbocycles. The fourth-order valence-corrected chi connectivity index (χ4v) is 1.88. The SMILES string of the molecule is CCOC(=O)CN(Cc1ccccc1)C(=O)CC(C)C. The lowest BCUT2D eigenvalue weighted by Crippen LogP contribution is -2.36. The van der Waals surface area contributed by atoms with Crippen molar-refractivity contribution in [3.8, 4) is 0 Å². The fraction of sp³-hybridized carbons (Fsp3) is 0.500. The number of ether oxygens (including phenoxy) is 1. The normalized spacial score (nSPS) is 10.4. The van der Waals surface area contributed by atoms with Crippen LogP contribution in [-0.4, -0.2) is 29.9 Å². The van der Waals surface area contributed by atoms with Gasteiger partial charge in [-0.1, -0.05) is 44.2 Å². The zero-order valence-electron chi connectivity index (χ0n) is 12.5. The van der Waals surface area contributed by atoms with Crippen LogP contribution >= 0.6 is 0 Å². The molecule has 0 atom stereocenters. The van der Waals surface area contributed by atoms with Gasteiger partial charge in [-0.2, -0.15) is 0 Å². The predicted octanol–water partition coefficient (Wildman–Crippen LogP) is 2.62. The molecule has 0 aromatic heterocycles. The van der Waals surface area contributed by atoms with Crippen LogP contribution in [0.3, 0.4) is 0 Å². The Morgan fingerprint density at radius 1 is 1.20 bits per heavy atom. The van der Waals surface area contributed by atoms with E-state index >= 15 is 0 Å². The van der Waals surface area contributed by atoms with E-state index in [0.29, 0.717) is 19.6 Å². The van der Waals surface area contributed by atoms with E-state index in [1.807, 2.05) is 44.2 Å². The molecule has 0 unspecified atom stereocenters. The highest BCUT2D eigenvalue weighted by atomic mass is 16.5. The van der Waals surface area contributed by atoms with E-state index in [9.17, 15) is 9.59 Å². The molecule has 0 bridgehead atoms. The zero-order valence-corrected chi connectivity index (χ0v) is 12.5. The summed E-state index contributed by atoms with van der Waals surface area (Å²) in [4.78, 5) is 25.4. The van der Waals surface area contributed by atoms with Gasteiger partial charge in [0.1, 0.15) is 6.54 Å². The second kappa shape index (κ2) is 8.35. The summed E-state index contributed by atoms with van der Waals surface area (Å²) in [5.41, 5.74) is 1.01. The van der Waals surface area contributed by atoms with E-state index in [1.165, 1.54) is 0 Å². The van der Waals surface area contributed by atoms with E-state index < -0.39 is 0 Å². The Morgan fingerprint density at radius 2 is 1.85 bits per heavy atom. The number of carbonyl (C=O) groups is 2. The standard InChI is InChI=1S/C16H23NO3/c1-4-20-16(19)12-17(15(18)10-13(2)3)11-14-8-6-5-7-9-14/h5-9,13H,4,10-12H2,1-3H3. The van der Waals surface area contributed by atoms with E-state index in [1.54, 1.807) is 11.8 Å². The van der Waals surface area contributed by atoms with Crippen molar-refractivity contribution in [2.24, 2.45) is 5.92 Å². The molecule has 1 amide bonds. The smallest absolute Gasteiger partial charge is 0.325 e. The van der Waals surface area contributed by atoms with E-state index in [4.69, 9.17) is 4.74 Å². The maximum absolute atomic E-state index is 12.2. The summed E-state index contributed by atoms with van der Waals surface area (Å²) in [6, 6.07) is 9.66. The maximum Gasteiger partial charge on any atom is 0.325 e. The van der Waals surface area contributed by atoms with Gasteiger partial charge in [0.2, 0.25) is 5.91 Å². The fourth-order valence-electron chi connectivity index (χ4n) is 1.88. The quantitative estimate of drug-likeness (QED) is 0.720. The lowest BCUT2D eigenvalue weighted by Gasteiger charge is -2.22. The van der Waals surface area contributed by atoms with Crippen molar-refractivity contribution in [3.05, 3.63) is 35.9 Å². The number of carbonyl (C=O) groups excluding carboxylic acids is 2. The Balaban J connectivity index is 2.73. The first-order chi connectivity index (χ1) is 9.52. The number of hydrogen-bond donors (Lipinski definition) is 0. The predicted molar refractivity (Wildman–Crippen MR) is 77.9 cm³/mol. The summed E-state index contributed by atoms with van der Waals surface area (Å²) in [5.74, 6) is -0.111. The molecule has 0 spiro atoms. The molecule has 0 N–H and O–H groups in total. The minimum absolute atomic E-state index is 0.00822. The van der Waals surface area contributed by atoms with Gasteiger partial charge in [-0.3, -0.25) is 9.59 Å². The van der Waals surface area contributed by atoms with Crippen molar-refractivity contribution in [3.63, 3.8) is 0 Å². The van der Waals surface area contributed by atoms with E-state index in [2.05, 4.69) is 0 Å². The third-order valence-electron chi connectivity index (χ3n) is 2.78. The molecule has 0 radical (unpaired) electrons. The Bertz CT molecular complexity index is 429. The summed E-state index contributed by atoms with van der Waals surface area (Å²) in [6.07, 6.45) is 0.437. The molecule has 0 saturated heterocycles. The lowest BCUT2D eigenvalue weighted by atomic mass is 10.1. The van der Waals surface area contributed by atoms with E-state index in [-0.39, 0.29) is 24.3 Å². The van der Waals surface area contributed by atoms with Crippen LogP contribution in [0.4, 0.5) is 0 Å². The monoisotopic (exact) mass is 277 g/mol. The Labute approximate surface area is 120 Å². The van der Waals surface area contributed by atoms with Gasteiger partial charge in [0.05, 0.1) is 6.61 Å². The number of amides is 1. The highest BCUT2D eigenvalue weighted by Crippen LogP contribution is 2.09. The molecule has 0 heterocycles. The molecule has 0 aliphatic heterocycles. The average molecular weight is 277 g/mol. The van der Waals surface area contributed by atoms with Gasteiger partial charge >= 0.3 is 5.97 Å². The first-order valence-corrected chi connectivity index (χ1v) is 7.00. The van der Waals surface area contributed by atoms with Crippen LogP contribution in [0.15, 0.2) is 30.3 Å². The summed E-state index contributed by atoms with van der Waals surface area (Å²) >= 11 is 0. The van der Waals surface area contributed by atoms with Crippen LogP contribution in [0.25, 0.3) is 0 Å². The van der Waals surface area contributed by atoms with E-state index in [0.717, 1.165) is 5.56 Å². The van der Waals surface area contributed by atoms with Gasteiger partial charge in [0, 0.05) is 13.0 Å². The molecule has 1 rings (SSSR count). The molecule has 0 aliphatic carbocycles. The Kier molecular flexibility index (Phi) is 6.77. The maximum atomic E-state index is 12.2. The first kappa shape index (κ1) is 16.2. The average Bonchev–Trinajstić information content (AvgIpc) is 2.38. The van der Waals surface area contributed by atoms with Crippen LogP contribution in [0, 0.1) is 5.92 Å². The van der Waals surface area contributed by atoms with Crippen molar-refractivity contribution < 1.29 is 14.3 Å². The van der Waals surface area contributed by atoms with Gasteiger partial charge in [0.15, 0.2) is 0 Å². The van der Waals surface area contributed by atoms with Crippen molar-refractivity contribution >= 4 is 11.9 Å². The van der Waals surface area contributed by atoms with Gasteiger partial charge in [-0.25, -0.2) is 0 Å². The molecule has 20 heavy (non-hydrogen) atoms. The summed E-state index contributed by atoms with van der Waals surface area (Å²) in [5, 5.41) is 0. The number of rotatable bonds is 7. The van der Waals surface area contributed by atoms with Crippen LogP contribution in [0.2, 0.25) is 0 Å². The Hall–Kier alpha value is -1.84. The number of hydrogen-bond acceptors (Lipinski definition) is 3. The second-order valence-corrected chi connectivity index (χ2v) is 5.14. The molecule has 0 aliphatic rings. The number of esters is 1. The van der Waals surface area contributed by atoms with Crippen molar-refractivity contribution in [1.29, 1.82) is 0 Å². The minimum atomic E-state index is -0.361. The zero-order chi connectivity index (χ0) is 15.0. The highest BCUT2D eigenvalue weighted by Gasteiger charge is 2.19. The van der Waals surface area contributed by atoms with Gasteiger partial charge in [-0.05, 0) is 18.4 Å². The van der Waals surface area contributed by atoms with Crippen LogP contribution in [0.1, 0.15) is 32.8 Å². The molecule has 110 valence electrons. The Morgan fingerprint density at radius 3 is 2.40 bits per heavy atom. The summed E-state index contributed by atoms with van der Waals surface area (Å²) in [7, 11) is 0. The van der Waals surface area contributed by atoms with Gasteiger partial charge < -0.3 is 9.64 Å². The van der Waals surface area contributed by atoms with Crippen LogP contribution in [0.5, 0.6) is 0 Å². The third-order valence-corrected chi connectivity index (χ3v) is 2.78. The molecular weight excluding hydrogens is 254 g/mol. The summed E-state index contributed by atoms with van der Waals surface area (Å²) < 4.78 is 4.93. The molecule has 0 saturated carbocycles. The van der Waals surface area contributed by atoms with Crippen LogP contribution in [-0.2, 0) is 20.9 Å². The van der Waals surface area contributed by atoms with Crippen LogP contribution < -0.4 is 0 Å². The molecule has 4 heteroatoms. The van der Waals surface area contributed by atoms with Crippen molar-refractivity contribution in [2.75, 3.05) is 13.2 Å². The molecule has 0 fully saturated rings. The molecular formula is C16H23NO3. The first-order valence-electron chi connectivity index (χ1n) is 7.00. The van der Waals surface area contributed by atoms with Crippen molar-refractivity contribution in [2.45, 2.75) is 33.7 Å². The van der Waals surface area contributed by atoms with Crippen molar-refractivity contribution in [1.82, 2.24) is 4.90 Å². The highest BCUT2D eigenvalue weighted by molar-refractivity contribution is 5.82. The topological polar surface area (TPSA) is 46.6 Å². The molecule has 1 aromatic rings. The number of nitrogens with zero attached hydrogens (tertiary/aromatic N) is 1. The third kappa shape index (κ3) is 5.87. The largest absolute Gasteiger partial charge is 0.465 e. The summed E-state index contributed by atoms with van der Waals surface area (Å²) in [6.45, 7) is 6.51. The lowest BCUT2D eigenvalue weighted by molar-refractivity contribution is -0.149. The minimum Gasteiger partial charge on any atom is -0.465 e.